The van der Waals surface area contributed by atoms with Crippen molar-refractivity contribution in [2.45, 2.75) is 19.6 Å². The fourth-order valence-electron chi connectivity index (χ4n) is 5.19. The third-order valence-corrected chi connectivity index (χ3v) is 7.81. The van der Waals surface area contributed by atoms with Gasteiger partial charge in [-0.3, -0.25) is 14.5 Å². The molecule has 3 aromatic carbocycles. The van der Waals surface area contributed by atoms with Crippen LogP contribution in [0.5, 0.6) is 5.88 Å². The van der Waals surface area contributed by atoms with E-state index in [0.29, 0.717) is 65.8 Å². The zero-order valence-corrected chi connectivity index (χ0v) is 26.3. The van der Waals surface area contributed by atoms with Crippen LogP contribution in [0.1, 0.15) is 32.7 Å². The van der Waals surface area contributed by atoms with E-state index in [0.717, 1.165) is 11.3 Å². The summed E-state index contributed by atoms with van der Waals surface area (Å²) in [4.78, 5) is 42.7. The van der Waals surface area contributed by atoms with Crippen LogP contribution in [-0.4, -0.2) is 67.6 Å². The first-order chi connectivity index (χ1) is 22.6. The number of benzene rings is 3. The molecule has 2 aromatic heterocycles. The number of fused-ring (bicyclic) bond motifs is 2. The summed E-state index contributed by atoms with van der Waals surface area (Å²) in [5.74, 6) is 0.800. The molecule has 11 nitrogen and oxygen atoms in total. The van der Waals surface area contributed by atoms with Crippen molar-refractivity contribution in [2.75, 3.05) is 36.3 Å². The van der Waals surface area contributed by atoms with Crippen molar-refractivity contribution in [1.82, 2.24) is 24.4 Å². The minimum atomic E-state index is -0.281. The summed E-state index contributed by atoms with van der Waals surface area (Å²) in [7, 11) is 0. The van der Waals surface area contributed by atoms with Crippen LogP contribution >= 0.6 is 23.2 Å². The summed E-state index contributed by atoms with van der Waals surface area (Å²) >= 11 is 11.9. The number of ether oxygens (including phenoxy) is 1. The molecule has 0 saturated heterocycles. The van der Waals surface area contributed by atoms with Gasteiger partial charge in [-0.05, 0) is 48.4 Å². The van der Waals surface area contributed by atoms with Gasteiger partial charge >= 0.3 is 0 Å². The second-order valence-electron chi connectivity index (χ2n) is 10.5. The highest BCUT2D eigenvalue weighted by atomic mass is 35.5. The lowest BCUT2D eigenvalue weighted by atomic mass is 10.1. The second-order valence-corrected chi connectivity index (χ2v) is 11.2. The SMILES string of the molecule is O=C1c2ccccc2C(=O)N1CCCn1cnc2c(OCc3ccccc3)nc(N=Nc3ccc(N(CCCl)CCCl)cc3)nc21. The summed E-state index contributed by atoms with van der Waals surface area (Å²) in [5, 5.41) is 8.69. The molecule has 0 fully saturated rings. The summed E-state index contributed by atoms with van der Waals surface area (Å²) < 4.78 is 7.93. The van der Waals surface area contributed by atoms with Gasteiger partial charge in [-0.1, -0.05) is 42.5 Å². The lowest BCUT2D eigenvalue weighted by molar-refractivity contribution is 0.0651. The Balaban J connectivity index is 1.22. The maximum absolute atomic E-state index is 12.8. The van der Waals surface area contributed by atoms with E-state index < -0.39 is 0 Å². The van der Waals surface area contributed by atoms with Crippen molar-refractivity contribution in [3.63, 3.8) is 0 Å². The normalized spacial score (nSPS) is 12.8. The van der Waals surface area contributed by atoms with Gasteiger partial charge in [-0.2, -0.15) is 9.97 Å². The first-order valence-electron chi connectivity index (χ1n) is 14.8. The molecule has 0 N–H and O–H groups in total. The Morgan fingerprint density at radius 2 is 1.46 bits per heavy atom. The van der Waals surface area contributed by atoms with Gasteiger partial charge in [0.05, 0.1) is 23.1 Å². The minimum Gasteiger partial charge on any atom is -0.471 e. The molecule has 5 aromatic rings. The topological polar surface area (TPSA) is 118 Å². The highest BCUT2D eigenvalue weighted by molar-refractivity contribution is 6.21. The van der Waals surface area contributed by atoms with Gasteiger partial charge in [0, 0.05) is 43.6 Å². The average Bonchev–Trinajstić information content (AvgIpc) is 3.61. The number of hydrogen-bond acceptors (Lipinski definition) is 9. The molecule has 0 atom stereocenters. The van der Waals surface area contributed by atoms with Crippen molar-refractivity contribution >= 4 is 63.5 Å². The molecule has 234 valence electrons. The molecule has 6 rings (SSSR count). The number of halogens is 2. The number of azo groups is 1. The molecular weight excluding hydrogens is 627 g/mol. The maximum Gasteiger partial charge on any atom is 0.274 e. The number of nitrogens with zero attached hydrogens (tertiary/aromatic N) is 8. The van der Waals surface area contributed by atoms with Gasteiger partial charge in [0.2, 0.25) is 5.88 Å². The number of amides is 2. The van der Waals surface area contributed by atoms with Gasteiger partial charge in [-0.25, -0.2) is 4.98 Å². The smallest absolute Gasteiger partial charge is 0.274 e. The number of imidazole rings is 1. The number of imide groups is 1. The fraction of sp³-hybridized carbons (Fsp3) is 0.242. The van der Waals surface area contributed by atoms with Crippen LogP contribution < -0.4 is 9.64 Å². The summed E-state index contributed by atoms with van der Waals surface area (Å²) in [5.41, 5.74) is 4.41. The molecule has 0 radical (unpaired) electrons. The number of alkyl halides is 2. The molecule has 2 amide bonds. The Kier molecular flexibility index (Phi) is 9.80. The molecule has 0 bridgehead atoms. The third kappa shape index (κ3) is 6.85. The predicted octanol–water partition coefficient (Wildman–Crippen LogP) is 6.79. The molecule has 0 unspecified atom stereocenters. The molecule has 46 heavy (non-hydrogen) atoms. The van der Waals surface area contributed by atoms with Gasteiger partial charge in [-0.15, -0.1) is 33.4 Å². The quantitative estimate of drug-likeness (QED) is 0.0733. The Labute approximate surface area is 275 Å². The van der Waals surface area contributed by atoms with Crippen LogP contribution in [0, 0.1) is 0 Å². The molecule has 1 aliphatic heterocycles. The van der Waals surface area contributed by atoms with Crippen LogP contribution in [0.4, 0.5) is 17.3 Å². The van der Waals surface area contributed by atoms with Crippen LogP contribution in [0.15, 0.2) is 95.4 Å². The first kappa shape index (κ1) is 31.1. The van der Waals surface area contributed by atoms with Gasteiger partial charge in [0.1, 0.15) is 6.61 Å². The Morgan fingerprint density at radius 1 is 0.783 bits per heavy atom. The first-order valence-corrected chi connectivity index (χ1v) is 15.9. The number of rotatable bonds is 14. The van der Waals surface area contributed by atoms with Crippen LogP contribution in [0.25, 0.3) is 11.2 Å². The second kappa shape index (κ2) is 14.5. The lowest BCUT2D eigenvalue weighted by Crippen LogP contribution is -2.31. The number of carbonyl (C=O) groups is 2. The van der Waals surface area contributed by atoms with Crippen LogP contribution in [0.2, 0.25) is 0 Å². The Bertz CT molecular complexity index is 1820. The van der Waals surface area contributed by atoms with Gasteiger partial charge in [0.25, 0.3) is 17.8 Å². The Hall–Kier alpha value is -4.87. The monoisotopic (exact) mass is 656 g/mol. The van der Waals surface area contributed by atoms with Gasteiger partial charge in [0.15, 0.2) is 11.2 Å². The molecule has 0 aliphatic carbocycles. The van der Waals surface area contributed by atoms with E-state index in [1.807, 2.05) is 59.2 Å². The van der Waals surface area contributed by atoms with Crippen molar-refractivity contribution in [3.05, 3.63) is 102 Å². The Morgan fingerprint density at radius 3 is 2.13 bits per heavy atom. The zero-order valence-electron chi connectivity index (χ0n) is 24.8. The van der Waals surface area contributed by atoms with E-state index in [1.54, 1.807) is 30.6 Å². The molecule has 13 heteroatoms. The van der Waals surface area contributed by atoms with E-state index in [9.17, 15) is 9.59 Å². The minimum absolute atomic E-state index is 0.104. The zero-order chi connectivity index (χ0) is 31.9. The number of aryl methyl sites for hydroxylation is 1. The predicted molar refractivity (Wildman–Crippen MR) is 177 cm³/mol. The van der Waals surface area contributed by atoms with Crippen molar-refractivity contribution in [3.8, 4) is 5.88 Å². The molecule has 1 aliphatic rings. The average molecular weight is 658 g/mol. The standard InChI is InChI=1S/C33H30Cl2N8O3/c34-15-19-41(20-16-35)25-13-11-24(12-14-25)39-40-33-37-29-28(30(38-33)46-21-23-7-2-1-3-8-23)36-22-42(29)17-6-18-43-31(44)26-9-4-5-10-27(26)32(43)45/h1-5,7-14,22H,6,15-21H2. The molecular formula is C33H30Cl2N8O3. The number of anilines is 1. The fourth-order valence-corrected chi connectivity index (χ4v) is 5.60. The summed E-state index contributed by atoms with van der Waals surface area (Å²) in [6, 6.07) is 24.2. The highest BCUT2D eigenvalue weighted by Crippen LogP contribution is 2.28. The number of carbonyl (C=O) groups excluding carboxylic acids is 2. The molecule has 0 saturated carbocycles. The van der Waals surface area contributed by atoms with Crippen LogP contribution in [-0.2, 0) is 13.2 Å². The van der Waals surface area contributed by atoms with Crippen molar-refractivity contribution in [2.24, 2.45) is 10.2 Å². The van der Waals surface area contributed by atoms with Crippen molar-refractivity contribution < 1.29 is 14.3 Å². The molecule has 3 heterocycles. The highest BCUT2D eigenvalue weighted by Gasteiger charge is 2.34. The van der Waals surface area contributed by atoms with E-state index in [4.69, 9.17) is 27.9 Å². The van der Waals surface area contributed by atoms with E-state index >= 15 is 0 Å². The summed E-state index contributed by atoms with van der Waals surface area (Å²) in [6.45, 7) is 2.34. The third-order valence-electron chi connectivity index (χ3n) is 7.48. The van der Waals surface area contributed by atoms with E-state index in [-0.39, 0.29) is 36.8 Å². The lowest BCUT2D eigenvalue weighted by Gasteiger charge is -2.22. The summed E-state index contributed by atoms with van der Waals surface area (Å²) in [6.07, 6.45) is 2.14. The van der Waals surface area contributed by atoms with E-state index in [2.05, 4.69) is 30.1 Å². The van der Waals surface area contributed by atoms with Gasteiger partial charge < -0.3 is 14.2 Å². The number of hydrogen-bond donors (Lipinski definition) is 0. The number of aromatic nitrogens is 4. The molecule has 0 spiro atoms. The maximum atomic E-state index is 12.8. The van der Waals surface area contributed by atoms with Crippen LogP contribution in [0.3, 0.4) is 0 Å². The van der Waals surface area contributed by atoms with Crippen molar-refractivity contribution in [1.29, 1.82) is 0 Å². The van der Waals surface area contributed by atoms with E-state index in [1.165, 1.54) is 4.90 Å². The largest absolute Gasteiger partial charge is 0.471 e.